The van der Waals surface area contributed by atoms with Crippen LogP contribution in [0.25, 0.3) is 0 Å². The minimum absolute atomic E-state index is 0.119. The number of hydrogen-bond acceptors (Lipinski definition) is 3. The van der Waals surface area contributed by atoms with Crippen molar-refractivity contribution >= 4 is 0 Å². The van der Waals surface area contributed by atoms with Gasteiger partial charge in [-0.15, -0.1) is 0 Å². The van der Waals surface area contributed by atoms with Gasteiger partial charge in [0.05, 0.1) is 26.4 Å². The van der Waals surface area contributed by atoms with Gasteiger partial charge in [-0.25, -0.2) is 0 Å². The van der Waals surface area contributed by atoms with Crippen LogP contribution in [0.4, 0.5) is 0 Å². The summed E-state index contributed by atoms with van der Waals surface area (Å²) >= 11 is 0. The summed E-state index contributed by atoms with van der Waals surface area (Å²) in [7, 11) is 1.68. The molecule has 3 nitrogen and oxygen atoms in total. The van der Waals surface area contributed by atoms with Crippen molar-refractivity contribution in [1.29, 1.82) is 0 Å². The van der Waals surface area contributed by atoms with Crippen molar-refractivity contribution in [1.82, 2.24) is 0 Å². The second kappa shape index (κ2) is 5.27. The third-order valence-electron chi connectivity index (χ3n) is 3.92. The lowest BCUT2D eigenvalue weighted by Crippen LogP contribution is -2.13. The van der Waals surface area contributed by atoms with E-state index in [0.717, 1.165) is 22.4 Å². The first-order valence-corrected chi connectivity index (χ1v) is 6.78. The normalized spacial score (nSPS) is 14.9. The molecule has 2 aromatic carbocycles. The van der Waals surface area contributed by atoms with Gasteiger partial charge in [0.2, 0.25) is 0 Å². The van der Waals surface area contributed by atoms with Gasteiger partial charge < -0.3 is 15.2 Å². The van der Waals surface area contributed by atoms with Crippen molar-refractivity contribution in [2.75, 3.05) is 7.11 Å². The SMILES string of the molecule is COc1ccc(C(N)c2ccc3c(c2)COC3)c(C)c1. The molecule has 1 unspecified atom stereocenters. The van der Waals surface area contributed by atoms with Crippen LogP contribution in [-0.2, 0) is 18.0 Å². The number of aryl methyl sites for hydroxylation is 1. The van der Waals surface area contributed by atoms with Crippen LogP contribution in [0.3, 0.4) is 0 Å². The van der Waals surface area contributed by atoms with Gasteiger partial charge in [-0.05, 0) is 46.9 Å². The van der Waals surface area contributed by atoms with Crippen molar-refractivity contribution in [3.05, 3.63) is 64.2 Å². The summed E-state index contributed by atoms with van der Waals surface area (Å²) in [5.41, 5.74) is 12.3. The summed E-state index contributed by atoms with van der Waals surface area (Å²) in [4.78, 5) is 0. The molecule has 0 saturated heterocycles. The van der Waals surface area contributed by atoms with Crippen molar-refractivity contribution in [2.45, 2.75) is 26.2 Å². The largest absolute Gasteiger partial charge is 0.497 e. The Balaban J connectivity index is 1.94. The molecular weight excluding hydrogens is 250 g/mol. The fraction of sp³-hybridized carbons (Fsp3) is 0.294. The summed E-state index contributed by atoms with van der Waals surface area (Å²) < 4.78 is 10.7. The minimum atomic E-state index is -0.119. The maximum absolute atomic E-state index is 6.42. The summed E-state index contributed by atoms with van der Waals surface area (Å²) in [6.45, 7) is 3.47. The third kappa shape index (κ3) is 2.30. The Morgan fingerprint density at radius 3 is 2.65 bits per heavy atom. The predicted octanol–water partition coefficient (Wildman–Crippen LogP) is 3.08. The third-order valence-corrected chi connectivity index (χ3v) is 3.92. The Bertz CT molecular complexity index is 637. The van der Waals surface area contributed by atoms with E-state index in [-0.39, 0.29) is 6.04 Å². The first-order valence-electron chi connectivity index (χ1n) is 6.78. The lowest BCUT2D eigenvalue weighted by Gasteiger charge is -2.17. The minimum Gasteiger partial charge on any atom is -0.497 e. The van der Waals surface area contributed by atoms with Gasteiger partial charge in [-0.3, -0.25) is 0 Å². The number of nitrogens with two attached hydrogens (primary N) is 1. The van der Waals surface area contributed by atoms with Gasteiger partial charge in [0, 0.05) is 0 Å². The highest BCUT2D eigenvalue weighted by molar-refractivity contribution is 5.43. The number of hydrogen-bond donors (Lipinski definition) is 1. The molecule has 3 heteroatoms. The molecule has 0 radical (unpaired) electrons. The van der Waals surface area contributed by atoms with Crippen LogP contribution < -0.4 is 10.5 Å². The number of fused-ring (bicyclic) bond motifs is 1. The summed E-state index contributed by atoms with van der Waals surface area (Å²) in [6.07, 6.45) is 0. The van der Waals surface area contributed by atoms with Crippen molar-refractivity contribution in [3.63, 3.8) is 0 Å². The topological polar surface area (TPSA) is 44.5 Å². The number of rotatable bonds is 3. The summed E-state index contributed by atoms with van der Waals surface area (Å²) in [5, 5.41) is 0. The predicted molar refractivity (Wildman–Crippen MR) is 78.7 cm³/mol. The maximum atomic E-state index is 6.42. The van der Waals surface area contributed by atoms with Crippen molar-refractivity contribution in [2.24, 2.45) is 5.73 Å². The average molecular weight is 269 g/mol. The molecule has 20 heavy (non-hydrogen) atoms. The smallest absolute Gasteiger partial charge is 0.119 e. The monoisotopic (exact) mass is 269 g/mol. The lowest BCUT2D eigenvalue weighted by atomic mass is 9.93. The molecule has 1 atom stereocenters. The standard InChI is InChI=1S/C17H19NO2/c1-11-7-15(19-2)5-6-16(11)17(18)12-3-4-13-9-20-10-14(13)8-12/h3-8,17H,9-10,18H2,1-2H3. The molecule has 0 fully saturated rings. The van der Waals surface area contributed by atoms with Crippen LogP contribution in [0.2, 0.25) is 0 Å². The lowest BCUT2D eigenvalue weighted by molar-refractivity contribution is 0.134. The molecule has 0 aromatic heterocycles. The zero-order valence-corrected chi connectivity index (χ0v) is 11.8. The average Bonchev–Trinajstić information content (AvgIpc) is 2.93. The van der Waals surface area contributed by atoms with Crippen LogP contribution in [0.15, 0.2) is 36.4 Å². The van der Waals surface area contributed by atoms with Gasteiger partial charge in [0.15, 0.2) is 0 Å². The highest BCUT2D eigenvalue weighted by atomic mass is 16.5. The molecule has 1 aliphatic rings. The van der Waals surface area contributed by atoms with Gasteiger partial charge in [-0.2, -0.15) is 0 Å². The second-order valence-electron chi connectivity index (χ2n) is 5.22. The van der Waals surface area contributed by atoms with E-state index in [9.17, 15) is 0 Å². The second-order valence-corrected chi connectivity index (χ2v) is 5.22. The van der Waals surface area contributed by atoms with E-state index in [1.165, 1.54) is 11.1 Å². The fourth-order valence-electron chi connectivity index (χ4n) is 2.69. The molecular formula is C17H19NO2. The Morgan fingerprint density at radius 1 is 1.10 bits per heavy atom. The molecule has 0 spiro atoms. The van der Waals surface area contributed by atoms with Crippen molar-refractivity contribution < 1.29 is 9.47 Å². The van der Waals surface area contributed by atoms with Crippen LogP contribution in [0.5, 0.6) is 5.75 Å². The zero-order chi connectivity index (χ0) is 14.1. The van der Waals surface area contributed by atoms with E-state index in [2.05, 4.69) is 25.1 Å². The Hall–Kier alpha value is -1.84. The number of benzene rings is 2. The Labute approximate surface area is 119 Å². The van der Waals surface area contributed by atoms with Crippen LogP contribution in [0.1, 0.15) is 33.9 Å². The molecule has 0 amide bonds. The molecule has 0 saturated carbocycles. The molecule has 1 heterocycles. The van der Waals surface area contributed by atoms with Gasteiger partial charge >= 0.3 is 0 Å². The Morgan fingerprint density at radius 2 is 1.90 bits per heavy atom. The molecule has 1 aliphatic heterocycles. The molecule has 3 rings (SSSR count). The molecule has 2 aromatic rings. The van der Waals surface area contributed by atoms with E-state index < -0.39 is 0 Å². The molecule has 2 N–H and O–H groups in total. The van der Waals surface area contributed by atoms with Crippen LogP contribution >= 0.6 is 0 Å². The first-order chi connectivity index (χ1) is 9.69. The van der Waals surface area contributed by atoms with E-state index in [0.29, 0.717) is 13.2 Å². The maximum Gasteiger partial charge on any atom is 0.119 e. The van der Waals surface area contributed by atoms with Gasteiger partial charge in [0.1, 0.15) is 5.75 Å². The first kappa shape index (κ1) is 13.2. The summed E-state index contributed by atoms with van der Waals surface area (Å²) in [5.74, 6) is 0.862. The van der Waals surface area contributed by atoms with E-state index >= 15 is 0 Å². The molecule has 0 bridgehead atoms. The van der Waals surface area contributed by atoms with E-state index in [4.69, 9.17) is 15.2 Å². The van der Waals surface area contributed by atoms with E-state index in [1.807, 2.05) is 18.2 Å². The van der Waals surface area contributed by atoms with Gasteiger partial charge in [-0.1, -0.05) is 24.3 Å². The molecule has 0 aliphatic carbocycles. The number of ether oxygens (including phenoxy) is 2. The number of methoxy groups -OCH3 is 1. The fourth-order valence-corrected chi connectivity index (χ4v) is 2.69. The van der Waals surface area contributed by atoms with Gasteiger partial charge in [0.25, 0.3) is 0 Å². The molecule has 104 valence electrons. The highest BCUT2D eigenvalue weighted by Crippen LogP contribution is 2.29. The zero-order valence-electron chi connectivity index (χ0n) is 11.8. The van der Waals surface area contributed by atoms with Crippen LogP contribution in [0, 0.1) is 6.92 Å². The highest BCUT2D eigenvalue weighted by Gasteiger charge is 2.16. The Kier molecular flexibility index (Phi) is 3.47. The quantitative estimate of drug-likeness (QED) is 0.931. The van der Waals surface area contributed by atoms with Crippen LogP contribution in [-0.4, -0.2) is 7.11 Å². The van der Waals surface area contributed by atoms with Crippen molar-refractivity contribution in [3.8, 4) is 5.75 Å². The summed E-state index contributed by atoms with van der Waals surface area (Å²) in [6, 6.07) is 12.3. The van der Waals surface area contributed by atoms with E-state index in [1.54, 1.807) is 7.11 Å².